The van der Waals surface area contributed by atoms with E-state index in [-0.39, 0.29) is 0 Å². The van der Waals surface area contributed by atoms with Crippen LogP contribution in [0.15, 0.2) is 12.1 Å². The van der Waals surface area contributed by atoms with Gasteiger partial charge in [-0.05, 0) is 61.8 Å². The van der Waals surface area contributed by atoms with Crippen molar-refractivity contribution in [2.24, 2.45) is 5.92 Å². The molecule has 0 spiro atoms. The Morgan fingerprint density at radius 2 is 1.71 bits per heavy atom. The zero-order valence-corrected chi connectivity index (χ0v) is 13.3. The number of aliphatic hydroxyl groups is 1. The predicted octanol–water partition coefficient (Wildman–Crippen LogP) is 2.65. The number of nitrogens with one attached hydrogen (secondary N) is 1. The molecule has 1 aromatic carbocycles. The zero-order valence-electron chi connectivity index (χ0n) is 13.3. The van der Waals surface area contributed by atoms with E-state index in [9.17, 15) is 5.11 Å². The Labute approximate surface area is 127 Å². The molecule has 1 aromatic rings. The van der Waals surface area contributed by atoms with Crippen molar-refractivity contribution < 1.29 is 14.6 Å². The Bertz CT molecular complexity index is 454. The molecule has 4 heteroatoms. The minimum absolute atomic E-state index is 0.335. The van der Waals surface area contributed by atoms with Crippen molar-refractivity contribution in [1.29, 1.82) is 0 Å². The van der Waals surface area contributed by atoms with Crippen molar-refractivity contribution in [3.05, 3.63) is 23.3 Å². The normalized spacial score (nSPS) is 22.1. The summed E-state index contributed by atoms with van der Waals surface area (Å²) in [6.07, 6.45) is 4.55. The van der Waals surface area contributed by atoms with Gasteiger partial charge in [0.05, 0.1) is 14.2 Å². The van der Waals surface area contributed by atoms with E-state index in [0.717, 1.165) is 43.7 Å². The lowest BCUT2D eigenvalue weighted by molar-refractivity contribution is 0.175. The quantitative estimate of drug-likeness (QED) is 0.846. The molecule has 1 fully saturated rings. The number of methoxy groups -OCH3 is 2. The second-order valence-corrected chi connectivity index (χ2v) is 5.91. The smallest absolute Gasteiger partial charge is 0.161 e. The standard InChI is InChI=1S/C17H27NO3/c1-12-8-16(20-2)17(21-3)9-14(12)10-18-15-6-4-13(11-19)5-7-15/h8-9,13,15,18-19H,4-7,10-11H2,1-3H3. The van der Waals surface area contributed by atoms with E-state index in [1.807, 2.05) is 6.07 Å². The molecule has 4 nitrogen and oxygen atoms in total. The van der Waals surface area contributed by atoms with Crippen LogP contribution in [0, 0.1) is 12.8 Å². The van der Waals surface area contributed by atoms with Crippen LogP contribution in [0.1, 0.15) is 36.8 Å². The van der Waals surface area contributed by atoms with Gasteiger partial charge in [-0.2, -0.15) is 0 Å². The summed E-state index contributed by atoms with van der Waals surface area (Å²) >= 11 is 0. The zero-order chi connectivity index (χ0) is 15.2. The van der Waals surface area contributed by atoms with E-state index in [2.05, 4.69) is 18.3 Å². The van der Waals surface area contributed by atoms with Crippen molar-refractivity contribution in [3.63, 3.8) is 0 Å². The number of ether oxygens (including phenoxy) is 2. The van der Waals surface area contributed by atoms with Gasteiger partial charge in [0.1, 0.15) is 0 Å². The Morgan fingerprint density at radius 1 is 1.10 bits per heavy atom. The van der Waals surface area contributed by atoms with Gasteiger partial charge in [0, 0.05) is 19.2 Å². The SMILES string of the molecule is COc1cc(C)c(CNC2CCC(CO)CC2)cc1OC. The Hall–Kier alpha value is -1.26. The first kappa shape index (κ1) is 16.1. The average Bonchev–Trinajstić information content (AvgIpc) is 2.53. The average molecular weight is 293 g/mol. The molecule has 118 valence electrons. The van der Waals surface area contributed by atoms with Crippen LogP contribution in [-0.2, 0) is 6.54 Å². The molecule has 0 aromatic heterocycles. The first-order chi connectivity index (χ1) is 10.2. The molecule has 2 rings (SSSR count). The van der Waals surface area contributed by atoms with E-state index in [0.29, 0.717) is 18.6 Å². The highest BCUT2D eigenvalue weighted by Crippen LogP contribution is 2.30. The van der Waals surface area contributed by atoms with Gasteiger partial charge in [-0.1, -0.05) is 0 Å². The molecule has 0 bridgehead atoms. The molecule has 0 heterocycles. The van der Waals surface area contributed by atoms with E-state index < -0.39 is 0 Å². The minimum atomic E-state index is 0.335. The van der Waals surface area contributed by atoms with Gasteiger partial charge in [0.25, 0.3) is 0 Å². The van der Waals surface area contributed by atoms with Crippen molar-refractivity contribution in [3.8, 4) is 11.5 Å². The maximum atomic E-state index is 9.18. The third-order valence-corrected chi connectivity index (χ3v) is 4.53. The largest absolute Gasteiger partial charge is 0.493 e. The number of rotatable bonds is 6. The Balaban J connectivity index is 1.94. The van der Waals surface area contributed by atoms with Crippen molar-refractivity contribution in [2.45, 2.75) is 45.2 Å². The second-order valence-electron chi connectivity index (χ2n) is 5.91. The third kappa shape index (κ3) is 4.11. The topological polar surface area (TPSA) is 50.7 Å². The minimum Gasteiger partial charge on any atom is -0.493 e. The third-order valence-electron chi connectivity index (χ3n) is 4.53. The summed E-state index contributed by atoms with van der Waals surface area (Å²) in [5.41, 5.74) is 2.46. The fourth-order valence-corrected chi connectivity index (χ4v) is 3.02. The molecule has 0 amide bonds. The lowest BCUT2D eigenvalue weighted by Crippen LogP contribution is -2.33. The van der Waals surface area contributed by atoms with Gasteiger partial charge in [-0.3, -0.25) is 0 Å². The van der Waals surface area contributed by atoms with Gasteiger partial charge in [0.15, 0.2) is 11.5 Å². The summed E-state index contributed by atoms with van der Waals surface area (Å²) in [5.74, 6) is 2.07. The molecule has 1 saturated carbocycles. The number of hydrogen-bond donors (Lipinski definition) is 2. The van der Waals surface area contributed by atoms with Crippen LogP contribution < -0.4 is 14.8 Å². The Kier molecular flexibility index (Phi) is 5.88. The molecule has 0 atom stereocenters. The lowest BCUT2D eigenvalue weighted by Gasteiger charge is -2.28. The van der Waals surface area contributed by atoms with Crippen LogP contribution in [0.3, 0.4) is 0 Å². The molecular formula is C17H27NO3. The molecule has 1 aliphatic rings. The highest BCUT2D eigenvalue weighted by atomic mass is 16.5. The molecule has 0 aliphatic heterocycles. The molecule has 0 radical (unpaired) electrons. The number of aryl methyl sites for hydroxylation is 1. The summed E-state index contributed by atoms with van der Waals surface area (Å²) in [7, 11) is 3.33. The maximum absolute atomic E-state index is 9.18. The van der Waals surface area contributed by atoms with E-state index in [1.54, 1.807) is 14.2 Å². The summed E-state index contributed by atoms with van der Waals surface area (Å²) in [5, 5.41) is 12.8. The fourth-order valence-electron chi connectivity index (χ4n) is 3.02. The van der Waals surface area contributed by atoms with Crippen LogP contribution in [0.2, 0.25) is 0 Å². The van der Waals surface area contributed by atoms with Crippen LogP contribution >= 0.6 is 0 Å². The van der Waals surface area contributed by atoms with Crippen LogP contribution in [0.25, 0.3) is 0 Å². The molecular weight excluding hydrogens is 266 g/mol. The monoisotopic (exact) mass is 293 g/mol. The van der Waals surface area contributed by atoms with Crippen LogP contribution in [0.5, 0.6) is 11.5 Å². The first-order valence-electron chi connectivity index (χ1n) is 7.73. The van der Waals surface area contributed by atoms with Crippen molar-refractivity contribution in [1.82, 2.24) is 5.32 Å². The van der Waals surface area contributed by atoms with Crippen molar-refractivity contribution >= 4 is 0 Å². The molecule has 1 aliphatic carbocycles. The number of aliphatic hydroxyl groups excluding tert-OH is 1. The van der Waals surface area contributed by atoms with Gasteiger partial charge in [0.2, 0.25) is 0 Å². The highest BCUT2D eigenvalue weighted by Gasteiger charge is 2.20. The van der Waals surface area contributed by atoms with E-state index in [1.165, 1.54) is 11.1 Å². The molecule has 0 saturated heterocycles. The first-order valence-corrected chi connectivity index (χ1v) is 7.73. The van der Waals surface area contributed by atoms with Crippen LogP contribution in [-0.4, -0.2) is 32.0 Å². The van der Waals surface area contributed by atoms with Gasteiger partial charge < -0.3 is 19.9 Å². The summed E-state index contributed by atoms with van der Waals surface area (Å²) in [6.45, 7) is 3.28. The van der Waals surface area contributed by atoms with E-state index in [4.69, 9.17) is 9.47 Å². The number of benzene rings is 1. The summed E-state index contributed by atoms with van der Waals surface area (Å²) < 4.78 is 10.7. The molecule has 2 N–H and O–H groups in total. The van der Waals surface area contributed by atoms with Gasteiger partial charge in [-0.15, -0.1) is 0 Å². The van der Waals surface area contributed by atoms with E-state index >= 15 is 0 Å². The Morgan fingerprint density at radius 3 is 2.29 bits per heavy atom. The van der Waals surface area contributed by atoms with Gasteiger partial charge in [-0.25, -0.2) is 0 Å². The van der Waals surface area contributed by atoms with Gasteiger partial charge >= 0.3 is 0 Å². The second kappa shape index (κ2) is 7.66. The molecule has 21 heavy (non-hydrogen) atoms. The number of hydrogen-bond acceptors (Lipinski definition) is 4. The predicted molar refractivity (Wildman–Crippen MR) is 84.0 cm³/mol. The molecule has 0 unspecified atom stereocenters. The summed E-state index contributed by atoms with van der Waals surface area (Å²) in [6, 6.07) is 4.64. The maximum Gasteiger partial charge on any atom is 0.161 e. The lowest BCUT2D eigenvalue weighted by atomic mass is 9.86. The fraction of sp³-hybridized carbons (Fsp3) is 0.647. The summed E-state index contributed by atoms with van der Waals surface area (Å²) in [4.78, 5) is 0. The van der Waals surface area contributed by atoms with Crippen LogP contribution in [0.4, 0.5) is 0 Å². The highest BCUT2D eigenvalue weighted by molar-refractivity contribution is 5.47. The van der Waals surface area contributed by atoms with Crippen molar-refractivity contribution in [2.75, 3.05) is 20.8 Å².